The van der Waals surface area contributed by atoms with Gasteiger partial charge in [-0.15, -0.1) is 0 Å². The van der Waals surface area contributed by atoms with Crippen LogP contribution in [-0.4, -0.2) is 38.1 Å². The van der Waals surface area contributed by atoms with Crippen molar-refractivity contribution in [1.82, 2.24) is 9.88 Å². The number of aliphatic carboxylic acids is 1. The maximum atomic E-state index is 10.7. The second-order valence-corrected chi connectivity index (χ2v) is 5.65. The van der Waals surface area contributed by atoms with E-state index in [1.54, 1.807) is 12.1 Å². The summed E-state index contributed by atoms with van der Waals surface area (Å²) in [7, 11) is 0. The number of aryl methyl sites for hydroxylation is 1. The number of carbonyl (C=O) groups is 1. The molecule has 1 heterocycles. The van der Waals surface area contributed by atoms with Crippen molar-refractivity contribution in [2.45, 2.75) is 46.2 Å². The standard InChI is InChI=1S/C14H22N2O3/c1-10-5-6-12(17)11(15-10)9-16(14(2,3)4)8-7-13(18)19/h5-6,17H,7-9H2,1-4H3,(H,18,19). The van der Waals surface area contributed by atoms with Crippen molar-refractivity contribution < 1.29 is 15.0 Å². The van der Waals surface area contributed by atoms with Crippen LogP contribution in [0, 0.1) is 6.92 Å². The Morgan fingerprint density at radius 2 is 2.00 bits per heavy atom. The van der Waals surface area contributed by atoms with E-state index in [2.05, 4.69) is 4.98 Å². The number of hydrogen-bond acceptors (Lipinski definition) is 4. The van der Waals surface area contributed by atoms with E-state index in [1.807, 2.05) is 32.6 Å². The third-order valence-corrected chi connectivity index (χ3v) is 2.97. The lowest BCUT2D eigenvalue weighted by Crippen LogP contribution is -2.42. The third kappa shape index (κ3) is 4.87. The normalized spacial score (nSPS) is 11.8. The molecule has 0 radical (unpaired) electrons. The first-order chi connectivity index (χ1) is 8.70. The van der Waals surface area contributed by atoms with E-state index in [1.165, 1.54) is 0 Å². The fourth-order valence-electron chi connectivity index (χ4n) is 1.78. The Morgan fingerprint density at radius 1 is 1.37 bits per heavy atom. The van der Waals surface area contributed by atoms with Gasteiger partial charge in [-0.25, -0.2) is 0 Å². The largest absolute Gasteiger partial charge is 0.506 e. The molecule has 5 nitrogen and oxygen atoms in total. The molecule has 1 aromatic heterocycles. The molecule has 5 heteroatoms. The molecule has 0 unspecified atom stereocenters. The van der Waals surface area contributed by atoms with E-state index < -0.39 is 5.97 Å². The highest BCUT2D eigenvalue weighted by atomic mass is 16.4. The van der Waals surface area contributed by atoms with E-state index in [-0.39, 0.29) is 17.7 Å². The minimum absolute atomic E-state index is 0.0733. The van der Waals surface area contributed by atoms with Crippen molar-refractivity contribution in [2.75, 3.05) is 6.54 Å². The third-order valence-electron chi connectivity index (χ3n) is 2.97. The molecule has 0 saturated carbocycles. The molecule has 0 spiro atoms. The Kier molecular flexibility index (Phi) is 4.89. The van der Waals surface area contributed by atoms with Crippen molar-refractivity contribution in [3.8, 4) is 5.75 Å². The van der Waals surface area contributed by atoms with Gasteiger partial charge in [0, 0.05) is 24.3 Å². The van der Waals surface area contributed by atoms with Gasteiger partial charge in [0.15, 0.2) is 0 Å². The number of aromatic nitrogens is 1. The zero-order valence-electron chi connectivity index (χ0n) is 12.0. The van der Waals surface area contributed by atoms with E-state index in [4.69, 9.17) is 5.11 Å². The van der Waals surface area contributed by atoms with E-state index >= 15 is 0 Å². The second-order valence-electron chi connectivity index (χ2n) is 5.65. The monoisotopic (exact) mass is 266 g/mol. The molecule has 0 fully saturated rings. The van der Waals surface area contributed by atoms with Gasteiger partial charge in [-0.2, -0.15) is 0 Å². The highest BCUT2D eigenvalue weighted by Gasteiger charge is 2.23. The summed E-state index contributed by atoms with van der Waals surface area (Å²) in [5.74, 6) is -0.675. The van der Waals surface area contributed by atoms with Crippen LogP contribution < -0.4 is 0 Å². The Labute approximate surface area is 113 Å². The van der Waals surface area contributed by atoms with Gasteiger partial charge in [-0.3, -0.25) is 14.7 Å². The minimum Gasteiger partial charge on any atom is -0.506 e. The van der Waals surface area contributed by atoms with Gasteiger partial charge in [-0.1, -0.05) is 0 Å². The molecule has 0 aromatic carbocycles. The molecule has 106 valence electrons. The molecule has 2 N–H and O–H groups in total. The topological polar surface area (TPSA) is 73.7 Å². The molecule has 0 aliphatic carbocycles. The van der Waals surface area contributed by atoms with Gasteiger partial charge in [0.05, 0.1) is 12.1 Å². The summed E-state index contributed by atoms with van der Waals surface area (Å²) in [5.41, 5.74) is 1.23. The molecular weight excluding hydrogens is 244 g/mol. The maximum absolute atomic E-state index is 10.7. The highest BCUT2D eigenvalue weighted by molar-refractivity contribution is 5.66. The average Bonchev–Trinajstić information content (AvgIpc) is 2.26. The van der Waals surface area contributed by atoms with Gasteiger partial charge in [0.1, 0.15) is 5.75 Å². The zero-order valence-corrected chi connectivity index (χ0v) is 12.0. The van der Waals surface area contributed by atoms with Crippen LogP contribution in [0.1, 0.15) is 38.6 Å². The van der Waals surface area contributed by atoms with E-state index in [9.17, 15) is 9.90 Å². The van der Waals surface area contributed by atoms with Crippen LogP contribution in [0.15, 0.2) is 12.1 Å². The predicted molar refractivity (Wildman–Crippen MR) is 73.1 cm³/mol. The lowest BCUT2D eigenvalue weighted by molar-refractivity contribution is -0.137. The summed E-state index contributed by atoms with van der Waals surface area (Å²) >= 11 is 0. The molecule has 1 aromatic rings. The summed E-state index contributed by atoms with van der Waals surface area (Å²) in [5, 5.41) is 18.6. The fourth-order valence-corrected chi connectivity index (χ4v) is 1.78. The maximum Gasteiger partial charge on any atom is 0.304 e. The van der Waals surface area contributed by atoms with Crippen molar-refractivity contribution in [1.29, 1.82) is 0 Å². The molecule has 0 saturated heterocycles. The van der Waals surface area contributed by atoms with Gasteiger partial charge in [0.2, 0.25) is 0 Å². The van der Waals surface area contributed by atoms with Crippen LogP contribution in [0.25, 0.3) is 0 Å². The van der Waals surface area contributed by atoms with Crippen molar-refractivity contribution in [3.05, 3.63) is 23.5 Å². The number of pyridine rings is 1. The van der Waals surface area contributed by atoms with Gasteiger partial charge in [-0.05, 0) is 39.8 Å². The minimum atomic E-state index is -0.823. The first-order valence-corrected chi connectivity index (χ1v) is 6.32. The number of nitrogens with zero attached hydrogens (tertiary/aromatic N) is 2. The number of carboxylic acids is 1. The van der Waals surface area contributed by atoms with Crippen LogP contribution in [0.4, 0.5) is 0 Å². The quantitative estimate of drug-likeness (QED) is 0.854. The molecule has 0 aliphatic rings. The summed E-state index contributed by atoms with van der Waals surface area (Å²) in [6.45, 7) is 8.77. The molecule has 0 aliphatic heterocycles. The zero-order chi connectivity index (χ0) is 14.6. The Bertz CT molecular complexity index is 452. The van der Waals surface area contributed by atoms with Crippen molar-refractivity contribution >= 4 is 5.97 Å². The smallest absolute Gasteiger partial charge is 0.304 e. The molecule has 0 amide bonds. The van der Waals surface area contributed by atoms with E-state index in [0.29, 0.717) is 18.8 Å². The Morgan fingerprint density at radius 3 is 2.53 bits per heavy atom. The Hall–Kier alpha value is -1.62. The van der Waals surface area contributed by atoms with Crippen LogP contribution in [0.5, 0.6) is 5.75 Å². The molecule has 0 atom stereocenters. The van der Waals surface area contributed by atoms with Crippen LogP contribution >= 0.6 is 0 Å². The van der Waals surface area contributed by atoms with Crippen LogP contribution in [-0.2, 0) is 11.3 Å². The summed E-state index contributed by atoms with van der Waals surface area (Å²) in [6.07, 6.45) is 0.0733. The number of aromatic hydroxyl groups is 1. The average molecular weight is 266 g/mol. The SMILES string of the molecule is Cc1ccc(O)c(CN(CCC(=O)O)C(C)(C)C)n1. The lowest BCUT2D eigenvalue weighted by atomic mass is 10.0. The number of carboxylic acid groups (broad SMARTS) is 1. The van der Waals surface area contributed by atoms with Crippen molar-refractivity contribution in [3.63, 3.8) is 0 Å². The first kappa shape index (κ1) is 15.4. The van der Waals surface area contributed by atoms with Crippen LogP contribution in [0.3, 0.4) is 0 Å². The van der Waals surface area contributed by atoms with Crippen LogP contribution in [0.2, 0.25) is 0 Å². The summed E-state index contributed by atoms with van der Waals surface area (Å²) in [6, 6.07) is 3.37. The van der Waals surface area contributed by atoms with Gasteiger partial charge >= 0.3 is 5.97 Å². The number of rotatable bonds is 5. The van der Waals surface area contributed by atoms with Gasteiger partial charge < -0.3 is 10.2 Å². The summed E-state index contributed by atoms with van der Waals surface area (Å²) < 4.78 is 0. The van der Waals surface area contributed by atoms with Crippen molar-refractivity contribution in [2.24, 2.45) is 0 Å². The highest BCUT2D eigenvalue weighted by Crippen LogP contribution is 2.22. The van der Waals surface area contributed by atoms with Gasteiger partial charge in [0.25, 0.3) is 0 Å². The number of hydrogen-bond donors (Lipinski definition) is 2. The summed E-state index contributed by atoms with van der Waals surface area (Å²) in [4.78, 5) is 17.0. The lowest BCUT2D eigenvalue weighted by Gasteiger charge is -2.35. The van der Waals surface area contributed by atoms with E-state index in [0.717, 1.165) is 5.69 Å². The molecule has 0 bridgehead atoms. The molecule has 19 heavy (non-hydrogen) atoms. The second kappa shape index (κ2) is 6.02. The molecule has 1 rings (SSSR count). The predicted octanol–water partition coefficient (Wildman–Crippen LogP) is 2.17. The Balaban J connectivity index is 2.88. The fraction of sp³-hybridized carbons (Fsp3) is 0.571. The first-order valence-electron chi connectivity index (χ1n) is 6.32. The molecular formula is C14H22N2O3.